The highest BCUT2D eigenvalue weighted by Gasteiger charge is 2.00. The van der Waals surface area contributed by atoms with Gasteiger partial charge in [-0.05, 0) is 48.9 Å². The minimum Gasteiger partial charge on any atom is -0.285 e. The molecule has 0 N–H and O–H groups in total. The summed E-state index contributed by atoms with van der Waals surface area (Å²) in [5.41, 5.74) is 1.69. The van der Waals surface area contributed by atoms with Gasteiger partial charge in [0.2, 0.25) is 11.6 Å². The van der Waals surface area contributed by atoms with Crippen LogP contribution >= 0.6 is 0 Å². The van der Waals surface area contributed by atoms with Crippen LogP contribution in [0.1, 0.15) is 43.2 Å². The average molecular weight is 328 g/mol. The fourth-order valence-corrected chi connectivity index (χ4v) is 2.20. The summed E-state index contributed by atoms with van der Waals surface area (Å²) in [6.45, 7) is 0. The lowest BCUT2D eigenvalue weighted by Crippen LogP contribution is -1.96. The van der Waals surface area contributed by atoms with Gasteiger partial charge in [0.15, 0.2) is 0 Å². The Hall–Kier alpha value is -3.10. The topological polar surface area (TPSA) is 34.1 Å². The number of rotatable bonds is 6. The quantitative estimate of drug-likeness (QED) is 0.589. The van der Waals surface area contributed by atoms with Crippen LogP contribution in [0.15, 0.2) is 60.7 Å². The van der Waals surface area contributed by atoms with Crippen molar-refractivity contribution < 1.29 is 9.59 Å². The van der Waals surface area contributed by atoms with E-state index in [2.05, 4.69) is 23.7 Å². The van der Waals surface area contributed by atoms with Crippen LogP contribution in [0, 0.1) is 23.7 Å². The molecule has 2 nitrogen and oxygen atoms in total. The Morgan fingerprint density at radius 2 is 1.00 bits per heavy atom. The minimum atomic E-state index is -0.0564. The molecule has 0 aromatic heterocycles. The van der Waals surface area contributed by atoms with Gasteiger partial charge in [-0.2, -0.15) is 0 Å². The van der Waals surface area contributed by atoms with Crippen molar-refractivity contribution in [2.75, 3.05) is 0 Å². The summed E-state index contributed by atoms with van der Waals surface area (Å²) in [6.07, 6.45) is 3.20. The van der Waals surface area contributed by atoms with Crippen molar-refractivity contribution in [3.63, 3.8) is 0 Å². The van der Waals surface area contributed by atoms with E-state index >= 15 is 0 Å². The summed E-state index contributed by atoms with van der Waals surface area (Å²) in [6, 6.07) is 18.9. The van der Waals surface area contributed by atoms with Gasteiger partial charge in [-0.15, -0.1) is 0 Å². The van der Waals surface area contributed by atoms with Crippen LogP contribution in [0.5, 0.6) is 0 Å². The molecule has 0 amide bonds. The van der Waals surface area contributed by atoms with Crippen molar-refractivity contribution in [2.45, 2.75) is 32.1 Å². The normalized spacial score (nSPS) is 9.28. The predicted molar refractivity (Wildman–Crippen MR) is 99.7 cm³/mol. The van der Waals surface area contributed by atoms with Crippen molar-refractivity contribution in [1.29, 1.82) is 0 Å². The number of unbranched alkanes of at least 4 members (excludes halogenated alkanes) is 2. The first-order valence-corrected chi connectivity index (χ1v) is 8.44. The van der Waals surface area contributed by atoms with E-state index in [4.69, 9.17) is 0 Å². The van der Waals surface area contributed by atoms with Crippen LogP contribution in [0.2, 0.25) is 0 Å². The van der Waals surface area contributed by atoms with Crippen molar-refractivity contribution in [1.82, 2.24) is 0 Å². The highest BCUT2D eigenvalue weighted by molar-refractivity contribution is 5.96. The molecule has 0 radical (unpaired) electrons. The first-order chi connectivity index (χ1) is 12.2. The van der Waals surface area contributed by atoms with E-state index in [1.807, 2.05) is 60.7 Å². The first-order valence-electron chi connectivity index (χ1n) is 8.44. The molecule has 0 unspecified atom stereocenters. The largest absolute Gasteiger partial charge is 0.285 e. The van der Waals surface area contributed by atoms with Gasteiger partial charge in [0, 0.05) is 24.0 Å². The van der Waals surface area contributed by atoms with Crippen LogP contribution in [0.25, 0.3) is 0 Å². The van der Waals surface area contributed by atoms with E-state index in [1.54, 1.807) is 0 Å². The molecule has 2 heteroatoms. The van der Waals surface area contributed by atoms with Gasteiger partial charge in [-0.25, -0.2) is 0 Å². The smallest absolute Gasteiger partial charge is 0.205 e. The van der Waals surface area contributed by atoms with E-state index < -0.39 is 0 Å². The zero-order valence-corrected chi connectivity index (χ0v) is 14.1. The van der Waals surface area contributed by atoms with Gasteiger partial charge in [0.05, 0.1) is 0 Å². The number of carbonyl (C=O) groups is 2. The number of Topliss-reactive ketones (excluding diaryl/α,β-unsaturated/α-hetero) is 2. The monoisotopic (exact) mass is 328 g/mol. The molecular weight excluding hydrogens is 308 g/mol. The van der Waals surface area contributed by atoms with E-state index in [0.717, 1.165) is 30.4 Å². The average Bonchev–Trinajstić information content (AvgIpc) is 2.66. The van der Waals surface area contributed by atoms with Gasteiger partial charge < -0.3 is 0 Å². The van der Waals surface area contributed by atoms with Crippen molar-refractivity contribution in [3.05, 3.63) is 71.8 Å². The highest BCUT2D eigenvalue weighted by Crippen LogP contribution is 2.04. The molecule has 0 aliphatic carbocycles. The van der Waals surface area contributed by atoms with E-state index in [0.29, 0.717) is 12.8 Å². The number of benzene rings is 2. The molecule has 25 heavy (non-hydrogen) atoms. The number of carbonyl (C=O) groups excluding carboxylic acids is 2. The summed E-state index contributed by atoms with van der Waals surface area (Å²) >= 11 is 0. The fourth-order valence-electron chi connectivity index (χ4n) is 2.20. The SMILES string of the molecule is O=C(C#Cc1ccccc1)CCCCCC(=O)C#Cc1ccccc1. The Morgan fingerprint density at radius 1 is 0.600 bits per heavy atom. The number of hydrogen-bond donors (Lipinski definition) is 0. The maximum absolute atomic E-state index is 11.7. The molecule has 0 spiro atoms. The molecular formula is C23H20O2. The Labute approximate surface area is 149 Å². The third kappa shape index (κ3) is 7.82. The van der Waals surface area contributed by atoms with Crippen LogP contribution < -0.4 is 0 Å². The maximum atomic E-state index is 11.7. The molecule has 0 bridgehead atoms. The molecule has 0 saturated heterocycles. The van der Waals surface area contributed by atoms with E-state index in [-0.39, 0.29) is 11.6 Å². The Kier molecular flexibility index (Phi) is 7.76. The van der Waals surface area contributed by atoms with Crippen molar-refractivity contribution in [2.24, 2.45) is 0 Å². The van der Waals surface area contributed by atoms with Crippen molar-refractivity contribution >= 4 is 11.6 Å². The summed E-state index contributed by atoms with van der Waals surface area (Å²) in [5, 5.41) is 0. The number of ketones is 2. The Morgan fingerprint density at radius 3 is 1.40 bits per heavy atom. The summed E-state index contributed by atoms with van der Waals surface area (Å²) in [4.78, 5) is 23.4. The highest BCUT2D eigenvalue weighted by atomic mass is 16.1. The molecule has 2 aromatic carbocycles. The molecule has 0 saturated carbocycles. The predicted octanol–water partition coefficient (Wildman–Crippen LogP) is 4.18. The van der Waals surface area contributed by atoms with E-state index in [9.17, 15) is 9.59 Å². The summed E-state index contributed by atoms with van der Waals surface area (Å²) in [5.74, 6) is 10.9. The fraction of sp³-hybridized carbons (Fsp3) is 0.217. The molecule has 0 atom stereocenters. The number of hydrogen-bond acceptors (Lipinski definition) is 2. The zero-order valence-electron chi connectivity index (χ0n) is 14.1. The van der Waals surface area contributed by atoms with Gasteiger partial charge in [0.25, 0.3) is 0 Å². The molecule has 0 fully saturated rings. The van der Waals surface area contributed by atoms with E-state index in [1.165, 1.54) is 0 Å². The molecule has 0 aliphatic heterocycles. The van der Waals surface area contributed by atoms with Gasteiger partial charge in [-0.3, -0.25) is 9.59 Å². The van der Waals surface area contributed by atoms with Crippen LogP contribution in [-0.2, 0) is 9.59 Å². The Balaban J connectivity index is 1.62. The summed E-state index contributed by atoms with van der Waals surface area (Å²) < 4.78 is 0. The van der Waals surface area contributed by atoms with Crippen molar-refractivity contribution in [3.8, 4) is 23.7 Å². The lowest BCUT2D eigenvalue weighted by molar-refractivity contribution is -0.114. The second-order valence-electron chi connectivity index (χ2n) is 5.64. The standard InChI is InChI=1S/C23H20O2/c24-22(18-16-20-10-4-1-5-11-20)14-8-3-9-15-23(25)19-17-21-12-6-2-7-13-21/h1-2,4-7,10-13H,3,8-9,14-15H2. The second-order valence-corrected chi connectivity index (χ2v) is 5.64. The molecule has 0 heterocycles. The molecule has 2 rings (SSSR count). The van der Waals surface area contributed by atoms with Crippen LogP contribution in [0.3, 0.4) is 0 Å². The van der Waals surface area contributed by atoms with Gasteiger partial charge in [0.1, 0.15) is 0 Å². The molecule has 2 aromatic rings. The Bertz CT molecular complexity index is 741. The first kappa shape index (κ1) is 18.2. The third-order valence-corrected chi connectivity index (χ3v) is 3.55. The lowest BCUT2D eigenvalue weighted by atomic mass is 10.1. The van der Waals surface area contributed by atoms with Gasteiger partial charge >= 0.3 is 0 Å². The summed E-state index contributed by atoms with van der Waals surface area (Å²) in [7, 11) is 0. The zero-order chi connectivity index (χ0) is 17.7. The minimum absolute atomic E-state index is 0.0564. The molecule has 124 valence electrons. The van der Waals surface area contributed by atoms with Crippen LogP contribution in [-0.4, -0.2) is 11.6 Å². The third-order valence-electron chi connectivity index (χ3n) is 3.55. The lowest BCUT2D eigenvalue weighted by Gasteiger charge is -1.96. The second kappa shape index (κ2) is 10.6. The van der Waals surface area contributed by atoms with Crippen LogP contribution in [0.4, 0.5) is 0 Å². The molecule has 0 aliphatic rings. The van der Waals surface area contributed by atoms with Gasteiger partial charge in [-0.1, -0.05) is 54.7 Å². The maximum Gasteiger partial charge on any atom is 0.205 e.